The van der Waals surface area contributed by atoms with Crippen molar-refractivity contribution in [2.45, 2.75) is 51.0 Å². The number of carbonyl (C=O) groups is 1. The van der Waals surface area contributed by atoms with E-state index in [0.717, 1.165) is 55.9 Å². The van der Waals surface area contributed by atoms with Crippen LogP contribution < -0.4 is 11.1 Å². The van der Waals surface area contributed by atoms with E-state index in [-0.39, 0.29) is 5.92 Å². The molecule has 0 aliphatic heterocycles. The van der Waals surface area contributed by atoms with Gasteiger partial charge in [-0.25, -0.2) is 0 Å². The summed E-state index contributed by atoms with van der Waals surface area (Å²) in [4.78, 5) is 12.4. The summed E-state index contributed by atoms with van der Waals surface area (Å²) < 4.78 is 0. The van der Waals surface area contributed by atoms with Gasteiger partial charge in [-0.2, -0.15) is 0 Å². The molecule has 2 bridgehead atoms. The molecule has 0 aromatic rings. The minimum absolute atomic E-state index is 0.279. The second-order valence-electron chi connectivity index (χ2n) is 7.48. The van der Waals surface area contributed by atoms with Crippen molar-refractivity contribution in [3.63, 3.8) is 0 Å². The normalized spacial score (nSPS) is 50.9. The summed E-state index contributed by atoms with van der Waals surface area (Å²) in [6, 6.07) is 0.561. The highest BCUT2D eigenvalue weighted by atomic mass is 16.2. The SMILES string of the molecule is NCC1CCC(C(=O)NC2C3C4CCC(C4)C23)CC1. The molecule has 4 unspecified atom stereocenters. The monoisotopic (exact) mass is 262 g/mol. The van der Waals surface area contributed by atoms with Crippen LogP contribution in [0.3, 0.4) is 0 Å². The smallest absolute Gasteiger partial charge is 0.223 e. The molecule has 3 heteroatoms. The molecule has 3 nitrogen and oxygen atoms in total. The Bertz CT molecular complexity index is 359. The third kappa shape index (κ3) is 1.93. The van der Waals surface area contributed by atoms with Gasteiger partial charge in [0.1, 0.15) is 0 Å². The minimum atomic E-state index is 0.279. The van der Waals surface area contributed by atoms with E-state index in [1.165, 1.54) is 19.3 Å². The van der Waals surface area contributed by atoms with Gasteiger partial charge in [0.2, 0.25) is 5.91 Å². The second-order valence-corrected chi connectivity index (χ2v) is 7.48. The van der Waals surface area contributed by atoms with Crippen LogP contribution in [0.5, 0.6) is 0 Å². The molecule has 0 radical (unpaired) electrons. The number of nitrogens with one attached hydrogen (secondary N) is 1. The first-order valence-corrected chi connectivity index (χ1v) is 8.28. The summed E-state index contributed by atoms with van der Waals surface area (Å²) in [5.41, 5.74) is 5.71. The number of amides is 1. The Morgan fingerprint density at radius 3 is 2.21 bits per heavy atom. The fourth-order valence-electron chi connectivity index (χ4n) is 5.46. The van der Waals surface area contributed by atoms with Crippen molar-refractivity contribution in [2.75, 3.05) is 6.54 Å². The molecule has 1 amide bonds. The van der Waals surface area contributed by atoms with Crippen LogP contribution in [0.1, 0.15) is 44.9 Å². The lowest BCUT2D eigenvalue weighted by atomic mass is 9.81. The van der Waals surface area contributed by atoms with E-state index in [1.807, 2.05) is 0 Å². The molecule has 0 heterocycles. The van der Waals surface area contributed by atoms with Crippen molar-refractivity contribution >= 4 is 5.91 Å². The number of carbonyl (C=O) groups excluding carboxylic acids is 1. The molecule has 4 fully saturated rings. The molecule has 4 saturated carbocycles. The van der Waals surface area contributed by atoms with Gasteiger partial charge in [-0.1, -0.05) is 0 Å². The molecule has 19 heavy (non-hydrogen) atoms. The molecular formula is C16H26N2O. The third-order valence-corrected chi connectivity index (χ3v) is 6.60. The number of hydrogen-bond donors (Lipinski definition) is 2. The van der Waals surface area contributed by atoms with Gasteiger partial charge in [-0.15, -0.1) is 0 Å². The fourth-order valence-corrected chi connectivity index (χ4v) is 5.46. The van der Waals surface area contributed by atoms with E-state index in [4.69, 9.17) is 5.73 Å². The van der Waals surface area contributed by atoms with Gasteiger partial charge in [-0.05, 0) is 81.1 Å². The standard InChI is InChI=1S/C16H26N2O/c17-8-9-1-3-10(4-2-9)16(19)18-15-13-11-5-6-12(7-11)14(13)15/h9-15H,1-8,17H2,(H,18,19). The maximum atomic E-state index is 12.4. The third-order valence-electron chi connectivity index (χ3n) is 6.60. The fraction of sp³-hybridized carbons (Fsp3) is 0.938. The van der Waals surface area contributed by atoms with E-state index in [9.17, 15) is 4.79 Å². The van der Waals surface area contributed by atoms with Crippen LogP contribution in [0, 0.1) is 35.5 Å². The molecule has 3 N–H and O–H groups in total. The summed E-state index contributed by atoms with van der Waals surface area (Å²) in [6.45, 7) is 0.796. The lowest BCUT2D eigenvalue weighted by Crippen LogP contribution is -2.37. The van der Waals surface area contributed by atoms with Gasteiger partial charge in [-0.3, -0.25) is 4.79 Å². The second kappa shape index (κ2) is 4.47. The minimum Gasteiger partial charge on any atom is -0.353 e. The number of fused-ring (bicyclic) bond motifs is 5. The lowest BCUT2D eigenvalue weighted by Gasteiger charge is -2.27. The first-order valence-electron chi connectivity index (χ1n) is 8.28. The molecule has 0 spiro atoms. The zero-order valence-corrected chi connectivity index (χ0v) is 11.7. The van der Waals surface area contributed by atoms with Crippen molar-refractivity contribution < 1.29 is 4.79 Å². The Balaban J connectivity index is 1.29. The molecule has 0 aromatic carbocycles. The quantitative estimate of drug-likeness (QED) is 0.816. The predicted octanol–water partition coefficient (Wildman–Crippen LogP) is 1.91. The van der Waals surface area contributed by atoms with E-state index in [1.54, 1.807) is 0 Å². The van der Waals surface area contributed by atoms with Crippen LogP contribution in [0.4, 0.5) is 0 Å². The van der Waals surface area contributed by atoms with Crippen molar-refractivity contribution in [3.8, 4) is 0 Å². The van der Waals surface area contributed by atoms with Crippen molar-refractivity contribution in [1.82, 2.24) is 5.32 Å². The van der Waals surface area contributed by atoms with Gasteiger partial charge in [0.05, 0.1) is 0 Å². The Labute approximate surface area is 115 Å². The van der Waals surface area contributed by atoms with Crippen molar-refractivity contribution in [2.24, 2.45) is 41.2 Å². The Morgan fingerprint density at radius 2 is 1.63 bits per heavy atom. The zero-order valence-electron chi connectivity index (χ0n) is 11.7. The predicted molar refractivity (Wildman–Crippen MR) is 74.2 cm³/mol. The summed E-state index contributed by atoms with van der Waals surface area (Å²) in [5, 5.41) is 3.39. The maximum Gasteiger partial charge on any atom is 0.223 e. The molecule has 0 aromatic heterocycles. The number of nitrogens with two attached hydrogens (primary N) is 1. The van der Waals surface area contributed by atoms with Crippen molar-refractivity contribution in [1.29, 1.82) is 0 Å². The highest BCUT2D eigenvalue weighted by molar-refractivity contribution is 5.79. The topological polar surface area (TPSA) is 55.1 Å². The molecule has 0 saturated heterocycles. The summed E-state index contributed by atoms with van der Waals surface area (Å²) in [6.07, 6.45) is 8.74. The van der Waals surface area contributed by atoms with E-state index < -0.39 is 0 Å². The van der Waals surface area contributed by atoms with E-state index in [2.05, 4.69) is 5.32 Å². The van der Waals surface area contributed by atoms with Crippen LogP contribution in [0.2, 0.25) is 0 Å². The number of rotatable bonds is 3. The Hall–Kier alpha value is -0.570. The van der Waals surface area contributed by atoms with Crippen molar-refractivity contribution in [3.05, 3.63) is 0 Å². The largest absolute Gasteiger partial charge is 0.353 e. The first kappa shape index (κ1) is 12.2. The summed E-state index contributed by atoms with van der Waals surface area (Å²) >= 11 is 0. The van der Waals surface area contributed by atoms with Gasteiger partial charge in [0.25, 0.3) is 0 Å². The molecular weight excluding hydrogens is 236 g/mol. The van der Waals surface area contributed by atoms with Crippen LogP contribution in [0.25, 0.3) is 0 Å². The van der Waals surface area contributed by atoms with E-state index in [0.29, 0.717) is 17.9 Å². The average Bonchev–Trinajstić information content (AvgIpc) is 2.85. The van der Waals surface area contributed by atoms with Crippen LogP contribution >= 0.6 is 0 Å². The van der Waals surface area contributed by atoms with Gasteiger partial charge >= 0.3 is 0 Å². The highest BCUT2D eigenvalue weighted by Gasteiger charge is 2.65. The summed E-state index contributed by atoms with van der Waals surface area (Å²) in [5.74, 6) is 4.93. The van der Waals surface area contributed by atoms with Gasteiger partial charge in [0, 0.05) is 12.0 Å². The molecule has 4 rings (SSSR count). The van der Waals surface area contributed by atoms with Crippen LogP contribution in [-0.4, -0.2) is 18.5 Å². The lowest BCUT2D eigenvalue weighted by molar-refractivity contribution is -0.126. The van der Waals surface area contributed by atoms with E-state index >= 15 is 0 Å². The molecule has 4 atom stereocenters. The maximum absolute atomic E-state index is 12.4. The van der Waals surface area contributed by atoms with Gasteiger partial charge in [0.15, 0.2) is 0 Å². The molecule has 4 aliphatic rings. The average molecular weight is 262 g/mol. The Kier molecular flexibility index (Phi) is 2.87. The number of hydrogen-bond acceptors (Lipinski definition) is 2. The first-order chi connectivity index (χ1) is 9.28. The summed E-state index contributed by atoms with van der Waals surface area (Å²) in [7, 11) is 0. The molecule has 106 valence electrons. The Morgan fingerprint density at radius 1 is 1.00 bits per heavy atom. The highest BCUT2D eigenvalue weighted by Crippen LogP contribution is 2.65. The zero-order chi connectivity index (χ0) is 13.0. The molecule has 4 aliphatic carbocycles. The van der Waals surface area contributed by atoms with Gasteiger partial charge < -0.3 is 11.1 Å². The van der Waals surface area contributed by atoms with Crippen LogP contribution in [0.15, 0.2) is 0 Å². The van der Waals surface area contributed by atoms with Crippen LogP contribution in [-0.2, 0) is 4.79 Å².